The molecule has 0 unspecified atom stereocenters. The Morgan fingerprint density at radius 2 is 1.69 bits per heavy atom. The van der Waals surface area contributed by atoms with Gasteiger partial charge >= 0.3 is 0 Å². The summed E-state index contributed by atoms with van der Waals surface area (Å²) in [6.45, 7) is 13.3. The minimum Gasteiger partial charge on any atom is -0.369 e. The lowest BCUT2D eigenvalue weighted by Gasteiger charge is -2.22. The molecule has 1 rings (SSSR count). The monoisotopic (exact) mass is 227 g/mol. The van der Waals surface area contributed by atoms with E-state index in [9.17, 15) is 4.79 Å². The molecule has 1 N–H and O–H groups in total. The Morgan fingerprint density at radius 3 is 2.00 bits per heavy atom. The van der Waals surface area contributed by atoms with E-state index in [0.717, 1.165) is 6.54 Å². The van der Waals surface area contributed by atoms with Crippen molar-refractivity contribution in [2.45, 2.75) is 47.1 Å². The first-order chi connectivity index (χ1) is 7.07. The number of carbonyl (C=O) groups excluding carboxylic acids is 1. The van der Waals surface area contributed by atoms with Crippen LogP contribution in [0.2, 0.25) is 0 Å². The summed E-state index contributed by atoms with van der Waals surface area (Å²) in [5, 5.41) is 2.98. The average Bonchev–Trinajstić information content (AvgIpc) is 2.54. The van der Waals surface area contributed by atoms with E-state index in [4.69, 9.17) is 4.74 Å². The zero-order valence-electron chi connectivity index (χ0n) is 11.6. The molecule has 0 heterocycles. The van der Waals surface area contributed by atoms with Crippen molar-refractivity contribution in [3.8, 4) is 0 Å². The van der Waals surface area contributed by atoms with Crippen LogP contribution in [0.5, 0.6) is 0 Å². The normalized spacial score (nSPS) is 22.9. The van der Waals surface area contributed by atoms with Crippen molar-refractivity contribution in [1.82, 2.24) is 5.32 Å². The van der Waals surface area contributed by atoms with Crippen molar-refractivity contribution in [1.29, 1.82) is 0 Å². The molecule has 0 bridgehead atoms. The van der Waals surface area contributed by atoms with Crippen LogP contribution < -0.4 is 5.32 Å². The average molecular weight is 227 g/mol. The molecular weight excluding hydrogens is 202 g/mol. The molecule has 3 nitrogen and oxygen atoms in total. The predicted molar refractivity (Wildman–Crippen MR) is 65.1 cm³/mol. The number of ether oxygens (including phenoxy) is 1. The lowest BCUT2D eigenvalue weighted by atomic mass is 10.0. The first-order valence-electron chi connectivity index (χ1n) is 5.91. The van der Waals surface area contributed by atoms with Gasteiger partial charge in [-0.3, -0.25) is 4.79 Å². The SMILES string of the molecule is COC(C)(C)C(=O)NCC1C(C)(C)C1(C)C. The largest absolute Gasteiger partial charge is 0.369 e. The maximum atomic E-state index is 11.8. The topological polar surface area (TPSA) is 38.3 Å². The van der Waals surface area contributed by atoms with Crippen LogP contribution >= 0.6 is 0 Å². The van der Waals surface area contributed by atoms with E-state index in [1.807, 2.05) is 0 Å². The summed E-state index contributed by atoms with van der Waals surface area (Å²) in [6.07, 6.45) is 0. The maximum Gasteiger partial charge on any atom is 0.251 e. The van der Waals surface area contributed by atoms with Crippen LogP contribution in [0.25, 0.3) is 0 Å². The molecule has 1 aliphatic carbocycles. The van der Waals surface area contributed by atoms with Crippen molar-refractivity contribution >= 4 is 5.91 Å². The van der Waals surface area contributed by atoms with E-state index < -0.39 is 5.60 Å². The molecule has 1 amide bonds. The predicted octanol–water partition coefficient (Wildman–Crippen LogP) is 2.21. The Labute approximate surface area is 98.9 Å². The number of methoxy groups -OCH3 is 1. The number of rotatable bonds is 4. The van der Waals surface area contributed by atoms with Gasteiger partial charge in [0, 0.05) is 13.7 Å². The lowest BCUT2D eigenvalue weighted by molar-refractivity contribution is -0.139. The zero-order valence-corrected chi connectivity index (χ0v) is 11.6. The second-order valence-corrected chi connectivity index (χ2v) is 6.42. The van der Waals surface area contributed by atoms with Crippen molar-refractivity contribution in [3.05, 3.63) is 0 Å². The summed E-state index contributed by atoms with van der Waals surface area (Å²) in [6, 6.07) is 0. The van der Waals surface area contributed by atoms with Gasteiger partial charge < -0.3 is 10.1 Å². The number of hydrogen-bond donors (Lipinski definition) is 1. The number of hydrogen-bond acceptors (Lipinski definition) is 2. The maximum absolute atomic E-state index is 11.8. The molecule has 0 radical (unpaired) electrons. The number of nitrogens with one attached hydrogen (secondary N) is 1. The van der Waals surface area contributed by atoms with E-state index in [2.05, 4.69) is 33.0 Å². The van der Waals surface area contributed by atoms with Gasteiger partial charge in [0.05, 0.1) is 0 Å². The van der Waals surface area contributed by atoms with Gasteiger partial charge in [-0.2, -0.15) is 0 Å². The number of amides is 1. The summed E-state index contributed by atoms with van der Waals surface area (Å²) in [7, 11) is 1.56. The second-order valence-electron chi connectivity index (χ2n) is 6.42. The zero-order chi connectivity index (χ0) is 12.8. The Kier molecular flexibility index (Phi) is 3.14. The molecule has 1 fully saturated rings. The first kappa shape index (κ1) is 13.5. The minimum absolute atomic E-state index is 0.0338. The van der Waals surface area contributed by atoms with Crippen LogP contribution in [0.15, 0.2) is 0 Å². The Morgan fingerprint density at radius 1 is 1.25 bits per heavy atom. The van der Waals surface area contributed by atoms with Crippen molar-refractivity contribution in [3.63, 3.8) is 0 Å². The van der Waals surface area contributed by atoms with E-state index in [1.54, 1.807) is 21.0 Å². The number of carbonyl (C=O) groups is 1. The highest BCUT2D eigenvalue weighted by molar-refractivity contribution is 5.84. The highest BCUT2D eigenvalue weighted by Crippen LogP contribution is 2.67. The molecule has 0 aromatic rings. The highest BCUT2D eigenvalue weighted by atomic mass is 16.5. The molecule has 16 heavy (non-hydrogen) atoms. The Hall–Kier alpha value is -0.570. The summed E-state index contributed by atoms with van der Waals surface area (Å²) >= 11 is 0. The van der Waals surface area contributed by atoms with E-state index >= 15 is 0 Å². The minimum atomic E-state index is -0.733. The van der Waals surface area contributed by atoms with Gasteiger partial charge in [0.2, 0.25) is 0 Å². The van der Waals surface area contributed by atoms with Crippen LogP contribution in [0.3, 0.4) is 0 Å². The molecule has 1 aliphatic rings. The fraction of sp³-hybridized carbons (Fsp3) is 0.923. The summed E-state index contributed by atoms with van der Waals surface area (Å²) in [4.78, 5) is 11.8. The van der Waals surface area contributed by atoms with Crippen LogP contribution in [-0.2, 0) is 9.53 Å². The van der Waals surface area contributed by atoms with Gasteiger partial charge in [-0.15, -0.1) is 0 Å². The van der Waals surface area contributed by atoms with E-state index in [1.165, 1.54) is 0 Å². The van der Waals surface area contributed by atoms with Crippen LogP contribution in [0.1, 0.15) is 41.5 Å². The van der Waals surface area contributed by atoms with Gasteiger partial charge in [-0.05, 0) is 30.6 Å². The highest BCUT2D eigenvalue weighted by Gasteiger charge is 2.64. The van der Waals surface area contributed by atoms with Gasteiger partial charge in [-0.25, -0.2) is 0 Å². The molecule has 0 spiro atoms. The van der Waals surface area contributed by atoms with Crippen molar-refractivity contribution in [2.75, 3.05) is 13.7 Å². The summed E-state index contributed by atoms with van der Waals surface area (Å²) in [5.41, 5.74) is -0.0990. The fourth-order valence-corrected chi connectivity index (χ4v) is 2.34. The first-order valence-corrected chi connectivity index (χ1v) is 5.91. The van der Waals surface area contributed by atoms with E-state index in [0.29, 0.717) is 16.7 Å². The van der Waals surface area contributed by atoms with Gasteiger partial charge in [0.15, 0.2) is 0 Å². The van der Waals surface area contributed by atoms with Gasteiger partial charge in [0.1, 0.15) is 5.60 Å². The molecule has 0 atom stereocenters. The fourth-order valence-electron chi connectivity index (χ4n) is 2.34. The lowest BCUT2D eigenvalue weighted by Crippen LogP contribution is -2.44. The second kappa shape index (κ2) is 3.73. The molecule has 0 aliphatic heterocycles. The van der Waals surface area contributed by atoms with Gasteiger partial charge in [0.25, 0.3) is 5.91 Å². The third kappa shape index (κ3) is 1.97. The molecule has 0 aromatic carbocycles. The van der Waals surface area contributed by atoms with Crippen molar-refractivity contribution in [2.24, 2.45) is 16.7 Å². The standard InChI is InChI=1S/C13H25NO2/c1-11(2)9(12(11,3)4)8-14-10(15)13(5,6)16-7/h9H,8H2,1-7H3,(H,14,15). The smallest absolute Gasteiger partial charge is 0.251 e. The molecular formula is C13H25NO2. The molecule has 1 saturated carbocycles. The Balaban J connectivity index is 2.47. The van der Waals surface area contributed by atoms with Crippen LogP contribution in [-0.4, -0.2) is 25.2 Å². The molecule has 3 heteroatoms. The van der Waals surface area contributed by atoms with E-state index in [-0.39, 0.29) is 5.91 Å². The van der Waals surface area contributed by atoms with Crippen LogP contribution in [0.4, 0.5) is 0 Å². The van der Waals surface area contributed by atoms with Crippen LogP contribution in [0, 0.1) is 16.7 Å². The molecule has 94 valence electrons. The quantitative estimate of drug-likeness (QED) is 0.799. The third-order valence-corrected chi connectivity index (χ3v) is 4.84. The molecule has 0 saturated heterocycles. The summed E-state index contributed by atoms with van der Waals surface area (Å²) in [5.74, 6) is 0.519. The third-order valence-electron chi connectivity index (χ3n) is 4.84. The summed E-state index contributed by atoms with van der Waals surface area (Å²) < 4.78 is 5.14. The van der Waals surface area contributed by atoms with Gasteiger partial charge in [-0.1, -0.05) is 27.7 Å². The Bertz CT molecular complexity index is 278. The van der Waals surface area contributed by atoms with Crippen molar-refractivity contribution < 1.29 is 9.53 Å². The molecule has 0 aromatic heterocycles.